The van der Waals surface area contributed by atoms with Crippen molar-refractivity contribution in [3.8, 4) is 0 Å². The van der Waals surface area contributed by atoms with E-state index in [1.54, 1.807) is 6.07 Å². The van der Waals surface area contributed by atoms with Gasteiger partial charge in [-0.3, -0.25) is 0 Å². The summed E-state index contributed by atoms with van der Waals surface area (Å²) in [6.45, 7) is 5.53. The van der Waals surface area contributed by atoms with Crippen molar-refractivity contribution in [2.24, 2.45) is 5.92 Å². The van der Waals surface area contributed by atoms with Crippen LogP contribution in [0.2, 0.25) is 10.0 Å². The average Bonchev–Trinajstić information content (AvgIpc) is 2.46. The second-order valence-corrected chi connectivity index (χ2v) is 8.39. The highest BCUT2D eigenvalue weighted by molar-refractivity contribution is 7.89. The molecule has 2 rings (SSSR count). The molecule has 0 amide bonds. The lowest BCUT2D eigenvalue weighted by molar-refractivity contribution is 0.201. The summed E-state index contributed by atoms with van der Waals surface area (Å²) in [7, 11) is -3.69. The van der Waals surface area contributed by atoms with Crippen molar-refractivity contribution in [3.63, 3.8) is 0 Å². The van der Waals surface area contributed by atoms with E-state index < -0.39 is 10.0 Å². The molecule has 1 aromatic rings. The minimum Gasteiger partial charge on any atom is -0.303 e. The Morgan fingerprint density at radius 2 is 1.77 bits per heavy atom. The van der Waals surface area contributed by atoms with Gasteiger partial charge in [0, 0.05) is 13.1 Å². The van der Waals surface area contributed by atoms with Crippen LogP contribution in [0, 0.1) is 5.92 Å². The summed E-state index contributed by atoms with van der Waals surface area (Å²) >= 11 is 11.9. The van der Waals surface area contributed by atoms with Crippen LogP contribution in [0.15, 0.2) is 23.1 Å². The summed E-state index contributed by atoms with van der Waals surface area (Å²) in [5.41, 5.74) is 0. The third kappa shape index (κ3) is 4.83. The topological polar surface area (TPSA) is 49.4 Å². The van der Waals surface area contributed by atoms with Gasteiger partial charge in [0.15, 0.2) is 0 Å². The molecule has 0 saturated carbocycles. The summed E-state index contributed by atoms with van der Waals surface area (Å²) in [4.78, 5) is 2.36. The predicted molar refractivity (Wildman–Crippen MR) is 91.1 cm³/mol. The molecule has 1 aromatic carbocycles. The summed E-state index contributed by atoms with van der Waals surface area (Å²) in [6, 6.07) is 4.68. The molecular formula is C15H22Cl2N2O2S. The molecular weight excluding hydrogens is 343 g/mol. The fourth-order valence-corrected chi connectivity index (χ4v) is 5.02. The molecule has 0 radical (unpaired) electrons. The number of rotatable bonds is 6. The predicted octanol–water partition coefficient (Wildman–Crippen LogP) is 3.39. The average molecular weight is 365 g/mol. The van der Waals surface area contributed by atoms with Crippen molar-refractivity contribution in [1.82, 2.24) is 9.62 Å². The first-order valence-corrected chi connectivity index (χ1v) is 9.80. The third-order valence-electron chi connectivity index (χ3n) is 3.83. The summed E-state index contributed by atoms with van der Waals surface area (Å²) in [5, 5.41) is 0.285. The highest BCUT2D eigenvalue weighted by atomic mass is 35.5. The van der Waals surface area contributed by atoms with Crippen LogP contribution < -0.4 is 4.72 Å². The second-order valence-electron chi connectivity index (χ2n) is 5.87. The largest absolute Gasteiger partial charge is 0.303 e. The van der Waals surface area contributed by atoms with Crippen LogP contribution in [0.5, 0.6) is 0 Å². The number of likely N-dealkylation sites (tertiary alicyclic amines) is 1. The maximum absolute atomic E-state index is 12.4. The highest BCUT2D eigenvalue weighted by Crippen LogP contribution is 2.28. The van der Waals surface area contributed by atoms with Gasteiger partial charge in [0.2, 0.25) is 10.0 Å². The molecule has 0 aromatic heterocycles. The van der Waals surface area contributed by atoms with Gasteiger partial charge in [-0.25, -0.2) is 13.1 Å². The van der Waals surface area contributed by atoms with E-state index in [1.807, 2.05) is 6.92 Å². The number of sulfonamides is 1. The Bertz CT molecular complexity index is 581. The number of nitrogens with zero attached hydrogens (tertiary/aromatic N) is 1. The fourth-order valence-electron chi connectivity index (χ4n) is 2.71. The van der Waals surface area contributed by atoms with Gasteiger partial charge in [-0.2, -0.15) is 0 Å². The van der Waals surface area contributed by atoms with Gasteiger partial charge in [0.05, 0.1) is 10.0 Å². The molecule has 1 heterocycles. The molecule has 0 spiro atoms. The molecule has 1 fully saturated rings. The van der Waals surface area contributed by atoms with Crippen LogP contribution in [-0.2, 0) is 10.0 Å². The normalized spacial score (nSPS) is 18.3. The summed E-state index contributed by atoms with van der Waals surface area (Å²) in [5.74, 6) is 0.231. The van der Waals surface area contributed by atoms with Gasteiger partial charge in [-0.05, 0) is 44.0 Å². The lowest BCUT2D eigenvalue weighted by atomic mass is 10.1. The Hall–Kier alpha value is -0.330. The Morgan fingerprint density at radius 3 is 2.36 bits per heavy atom. The van der Waals surface area contributed by atoms with E-state index >= 15 is 0 Å². The van der Waals surface area contributed by atoms with Crippen molar-refractivity contribution in [3.05, 3.63) is 28.2 Å². The van der Waals surface area contributed by atoms with E-state index in [1.165, 1.54) is 31.4 Å². The summed E-state index contributed by atoms with van der Waals surface area (Å²) in [6.07, 6.45) is 3.75. The van der Waals surface area contributed by atoms with Crippen LogP contribution in [0.1, 0.15) is 26.2 Å². The molecule has 1 N–H and O–H groups in total. The molecule has 1 aliphatic rings. The van der Waals surface area contributed by atoms with E-state index in [-0.39, 0.29) is 20.9 Å². The second kappa shape index (κ2) is 7.97. The number of halogens is 2. The Kier molecular flexibility index (Phi) is 6.53. The molecule has 22 heavy (non-hydrogen) atoms. The quantitative estimate of drug-likeness (QED) is 0.841. The monoisotopic (exact) mass is 364 g/mol. The van der Waals surface area contributed by atoms with E-state index in [9.17, 15) is 8.42 Å². The van der Waals surface area contributed by atoms with E-state index in [0.717, 1.165) is 19.6 Å². The van der Waals surface area contributed by atoms with Gasteiger partial charge in [-0.15, -0.1) is 0 Å². The third-order valence-corrected chi connectivity index (χ3v) is 6.21. The molecule has 124 valence electrons. The molecule has 0 aliphatic carbocycles. The zero-order valence-electron chi connectivity index (χ0n) is 12.7. The maximum Gasteiger partial charge on any atom is 0.243 e. The molecule has 1 saturated heterocycles. The Balaban J connectivity index is 1.94. The number of hydrogen-bond donors (Lipinski definition) is 1. The zero-order chi connectivity index (χ0) is 16.2. The van der Waals surface area contributed by atoms with E-state index in [2.05, 4.69) is 9.62 Å². The minimum absolute atomic E-state index is 0.0384. The standard InChI is InChI=1S/C15H22Cl2N2O2S/c1-12(11-19-8-3-2-4-9-19)10-18-22(20,21)15-13(16)6-5-7-14(15)17/h5-7,12,18H,2-4,8-11H2,1H3. The molecule has 1 aliphatic heterocycles. The van der Waals surface area contributed by atoms with Crippen molar-refractivity contribution in [2.75, 3.05) is 26.2 Å². The number of nitrogens with one attached hydrogen (secondary N) is 1. The van der Waals surface area contributed by atoms with Crippen molar-refractivity contribution >= 4 is 33.2 Å². The van der Waals surface area contributed by atoms with Crippen LogP contribution in [0.25, 0.3) is 0 Å². The molecule has 1 atom stereocenters. The smallest absolute Gasteiger partial charge is 0.243 e. The van der Waals surface area contributed by atoms with Crippen molar-refractivity contribution < 1.29 is 8.42 Å². The van der Waals surface area contributed by atoms with Gasteiger partial charge in [0.25, 0.3) is 0 Å². The Morgan fingerprint density at radius 1 is 1.18 bits per heavy atom. The van der Waals surface area contributed by atoms with Crippen LogP contribution in [0.4, 0.5) is 0 Å². The number of benzene rings is 1. The van der Waals surface area contributed by atoms with E-state index in [4.69, 9.17) is 23.2 Å². The van der Waals surface area contributed by atoms with Crippen molar-refractivity contribution in [1.29, 1.82) is 0 Å². The van der Waals surface area contributed by atoms with E-state index in [0.29, 0.717) is 6.54 Å². The first kappa shape index (κ1) is 18.0. The van der Waals surface area contributed by atoms with Gasteiger partial charge in [-0.1, -0.05) is 42.6 Å². The highest BCUT2D eigenvalue weighted by Gasteiger charge is 2.22. The molecule has 4 nitrogen and oxygen atoms in total. The van der Waals surface area contributed by atoms with Gasteiger partial charge < -0.3 is 4.90 Å². The number of hydrogen-bond acceptors (Lipinski definition) is 3. The SMILES string of the molecule is CC(CNS(=O)(=O)c1c(Cl)cccc1Cl)CN1CCCCC1. The lowest BCUT2D eigenvalue weighted by Gasteiger charge is -2.29. The van der Waals surface area contributed by atoms with Crippen LogP contribution in [0.3, 0.4) is 0 Å². The molecule has 0 bridgehead atoms. The zero-order valence-corrected chi connectivity index (χ0v) is 15.0. The summed E-state index contributed by atoms with van der Waals surface area (Å²) < 4.78 is 27.4. The van der Waals surface area contributed by atoms with Crippen LogP contribution in [-0.4, -0.2) is 39.5 Å². The van der Waals surface area contributed by atoms with Crippen molar-refractivity contribution in [2.45, 2.75) is 31.1 Å². The number of piperidine rings is 1. The first-order chi connectivity index (χ1) is 10.4. The maximum atomic E-state index is 12.4. The Labute approximate surface area is 142 Å². The molecule has 1 unspecified atom stereocenters. The van der Waals surface area contributed by atoms with Gasteiger partial charge in [0.1, 0.15) is 4.90 Å². The minimum atomic E-state index is -3.69. The molecule has 7 heteroatoms. The fraction of sp³-hybridized carbons (Fsp3) is 0.600. The van der Waals surface area contributed by atoms with Gasteiger partial charge >= 0.3 is 0 Å². The lowest BCUT2D eigenvalue weighted by Crippen LogP contribution is -2.38. The first-order valence-electron chi connectivity index (χ1n) is 7.56. The van der Waals surface area contributed by atoms with Crippen LogP contribution >= 0.6 is 23.2 Å².